The summed E-state index contributed by atoms with van der Waals surface area (Å²) in [7, 11) is 0. The third-order valence-electron chi connectivity index (χ3n) is 11.9. The van der Waals surface area contributed by atoms with Crippen LogP contribution in [0.1, 0.15) is 0 Å². The molecule has 4 nitrogen and oxygen atoms in total. The van der Waals surface area contributed by atoms with E-state index in [1.54, 1.807) is 0 Å². The first-order valence-corrected chi connectivity index (χ1v) is 23.6. The fourth-order valence-corrected chi connectivity index (χ4v) is 20.5. The third-order valence-corrected chi connectivity index (χ3v) is 22.1. The maximum atomic E-state index is 6.44. The van der Waals surface area contributed by atoms with E-state index in [0.717, 1.165) is 72.4 Å². The van der Waals surface area contributed by atoms with Gasteiger partial charge in [0.1, 0.15) is 0 Å². The van der Waals surface area contributed by atoms with Gasteiger partial charge in [-0.2, -0.15) is 0 Å². The zero-order chi connectivity index (χ0) is 37.5. The Morgan fingerprint density at radius 3 is 1.75 bits per heavy atom. The SMILES string of the molecule is c1ccc(-c2nc(-c3ccccc3-n3c4ccccc4c4cc5oc6ccccc6c5cc43)[c]3c(n2)-c2cccc[c]2[Ge]3([c]2ccccc2)[c]2ccccc2)cc1. The Labute approximate surface area is 331 Å². The standard InChI is InChI=1S/C52H33GeN3O/c1-4-18-34(19-5-1)52-54-50-39-26-10-14-28-43(39)53(35-20-6-2-7-21-35,36-22-8-3-9-23-36)49(50)51(55-52)40-27-12-16-30-45(40)56-44-29-15-11-24-37(44)41-33-48-42(32-46(41)56)38-25-13-17-31-47(38)57-48/h1-33H. The van der Waals surface area contributed by atoms with E-state index < -0.39 is 13.3 Å². The first-order valence-electron chi connectivity index (χ1n) is 19.4. The van der Waals surface area contributed by atoms with Crippen LogP contribution < -0.4 is 17.6 Å². The molecule has 0 radical (unpaired) electrons. The zero-order valence-corrected chi connectivity index (χ0v) is 32.9. The molecule has 57 heavy (non-hydrogen) atoms. The van der Waals surface area contributed by atoms with Crippen LogP contribution in [-0.4, -0.2) is 27.8 Å². The van der Waals surface area contributed by atoms with Crippen molar-refractivity contribution >= 4 is 74.6 Å². The number of hydrogen-bond donors (Lipinski definition) is 0. The van der Waals surface area contributed by atoms with Gasteiger partial charge in [-0.3, -0.25) is 0 Å². The van der Waals surface area contributed by atoms with Gasteiger partial charge in [0.25, 0.3) is 0 Å². The van der Waals surface area contributed by atoms with Crippen LogP contribution >= 0.6 is 0 Å². The van der Waals surface area contributed by atoms with Crippen molar-refractivity contribution in [2.45, 2.75) is 0 Å². The summed E-state index contributed by atoms with van der Waals surface area (Å²) in [6, 6.07) is 72.3. The molecule has 4 heterocycles. The Bertz CT molecular complexity index is 3310. The van der Waals surface area contributed by atoms with Crippen LogP contribution in [0, 0.1) is 0 Å². The molecule has 0 bridgehead atoms. The fraction of sp³-hybridized carbons (Fsp3) is 0. The summed E-state index contributed by atoms with van der Waals surface area (Å²) in [4.78, 5) is 11.3. The molecule has 11 aromatic rings. The second kappa shape index (κ2) is 12.5. The Hall–Kier alpha value is -7.02. The van der Waals surface area contributed by atoms with Gasteiger partial charge in [0, 0.05) is 0 Å². The first-order chi connectivity index (χ1) is 28.3. The normalized spacial score (nSPS) is 13.1. The summed E-state index contributed by atoms with van der Waals surface area (Å²) in [6.45, 7) is 0. The monoisotopic (exact) mass is 789 g/mol. The predicted octanol–water partition coefficient (Wildman–Crippen LogP) is 10.2. The number of para-hydroxylation sites is 3. The molecule has 0 saturated carbocycles. The molecule has 266 valence electrons. The van der Waals surface area contributed by atoms with E-state index in [9.17, 15) is 0 Å². The molecule has 3 aromatic heterocycles. The van der Waals surface area contributed by atoms with Gasteiger partial charge in [-0.15, -0.1) is 0 Å². The van der Waals surface area contributed by atoms with Crippen LogP contribution in [0.4, 0.5) is 0 Å². The van der Waals surface area contributed by atoms with Crippen molar-refractivity contribution in [1.82, 2.24) is 14.5 Å². The Morgan fingerprint density at radius 1 is 0.421 bits per heavy atom. The molecule has 0 saturated heterocycles. The van der Waals surface area contributed by atoms with Crippen molar-refractivity contribution in [3.8, 4) is 39.6 Å². The molecule has 0 aliphatic carbocycles. The number of fused-ring (bicyclic) bond motifs is 9. The van der Waals surface area contributed by atoms with Gasteiger partial charge in [-0.25, -0.2) is 0 Å². The zero-order valence-electron chi connectivity index (χ0n) is 30.8. The summed E-state index contributed by atoms with van der Waals surface area (Å²) in [5.74, 6) is 0.724. The van der Waals surface area contributed by atoms with Gasteiger partial charge in [0.2, 0.25) is 0 Å². The van der Waals surface area contributed by atoms with Crippen LogP contribution in [0.2, 0.25) is 0 Å². The second-order valence-corrected chi connectivity index (χ2v) is 22.6. The molecule has 0 N–H and O–H groups in total. The van der Waals surface area contributed by atoms with Gasteiger partial charge in [-0.1, -0.05) is 0 Å². The minimum absolute atomic E-state index is 0.724. The number of hydrogen-bond acceptors (Lipinski definition) is 3. The Kier molecular flexibility index (Phi) is 7.07. The van der Waals surface area contributed by atoms with E-state index in [1.807, 2.05) is 6.07 Å². The van der Waals surface area contributed by atoms with E-state index in [4.69, 9.17) is 14.4 Å². The van der Waals surface area contributed by atoms with Crippen molar-refractivity contribution in [1.29, 1.82) is 0 Å². The molecule has 1 aliphatic heterocycles. The molecule has 0 fully saturated rings. The minimum atomic E-state index is -3.80. The molecule has 0 amide bonds. The number of rotatable bonds is 5. The summed E-state index contributed by atoms with van der Waals surface area (Å²) in [5, 5.41) is 4.54. The van der Waals surface area contributed by atoms with E-state index in [-0.39, 0.29) is 0 Å². The molecule has 0 atom stereocenters. The molecule has 8 aromatic carbocycles. The van der Waals surface area contributed by atoms with Crippen LogP contribution in [0.25, 0.3) is 83.3 Å². The number of furan rings is 1. The van der Waals surface area contributed by atoms with E-state index in [0.29, 0.717) is 0 Å². The van der Waals surface area contributed by atoms with Gasteiger partial charge in [0.05, 0.1) is 0 Å². The van der Waals surface area contributed by atoms with Crippen molar-refractivity contribution in [2.24, 2.45) is 0 Å². The van der Waals surface area contributed by atoms with Gasteiger partial charge < -0.3 is 0 Å². The van der Waals surface area contributed by atoms with Crippen molar-refractivity contribution in [2.75, 3.05) is 0 Å². The van der Waals surface area contributed by atoms with E-state index >= 15 is 0 Å². The summed E-state index contributed by atoms with van der Waals surface area (Å²) in [6.07, 6.45) is 0. The Balaban J connectivity index is 1.24. The van der Waals surface area contributed by atoms with Crippen LogP contribution in [0.3, 0.4) is 0 Å². The van der Waals surface area contributed by atoms with Crippen molar-refractivity contribution in [3.63, 3.8) is 0 Å². The number of nitrogens with zero attached hydrogens (tertiary/aromatic N) is 3. The predicted molar refractivity (Wildman–Crippen MR) is 237 cm³/mol. The van der Waals surface area contributed by atoms with E-state index in [1.165, 1.54) is 28.5 Å². The molecular weight excluding hydrogens is 755 g/mol. The molecule has 0 spiro atoms. The van der Waals surface area contributed by atoms with E-state index in [2.05, 4.69) is 199 Å². The van der Waals surface area contributed by atoms with Crippen LogP contribution in [0.5, 0.6) is 0 Å². The molecule has 12 rings (SSSR count). The average molecular weight is 788 g/mol. The molecule has 5 heteroatoms. The van der Waals surface area contributed by atoms with Gasteiger partial charge >= 0.3 is 333 Å². The topological polar surface area (TPSA) is 43.9 Å². The van der Waals surface area contributed by atoms with Crippen LogP contribution in [-0.2, 0) is 0 Å². The quantitative estimate of drug-likeness (QED) is 0.163. The number of aromatic nitrogens is 3. The van der Waals surface area contributed by atoms with Crippen LogP contribution in [0.15, 0.2) is 205 Å². The van der Waals surface area contributed by atoms with Gasteiger partial charge in [0.15, 0.2) is 0 Å². The Morgan fingerprint density at radius 2 is 1.00 bits per heavy atom. The maximum absolute atomic E-state index is 6.44. The summed E-state index contributed by atoms with van der Waals surface area (Å²) < 4.78 is 14.3. The second-order valence-electron chi connectivity index (χ2n) is 14.8. The van der Waals surface area contributed by atoms with Gasteiger partial charge in [-0.05, 0) is 0 Å². The van der Waals surface area contributed by atoms with Crippen molar-refractivity contribution < 1.29 is 4.42 Å². The van der Waals surface area contributed by atoms with Crippen molar-refractivity contribution in [3.05, 3.63) is 200 Å². The summed E-state index contributed by atoms with van der Waals surface area (Å²) >= 11 is -3.80. The fourth-order valence-electron chi connectivity index (χ4n) is 9.53. The summed E-state index contributed by atoms with van der Waals surface area (Å²) in [5.41, 5.74) is 10.4. The number of benzene rings is 8. The third kappa shape index (κ3) is 4.62. The molecule has 0 unspecified atom stereocenters. The first kappa shape index (κ1) is 32.2. The molecule has 1 aliphatic rings. The average Bonchev–Trinajstić information content (AvgIpc) is 3.92. The molecular formula is C52H33GeN3O.